The Kier molecular flexibility index (Phi) is 4.36. The molecule has 0 fully saturated rings. The highest BCUT2D eigenvalue weighted by molar-refractivity contribution is 7.45. The summed E-state index contributed by atoms with van der Waals surface area (Å²) in [6, 6.07) is 40.7. The molecule has 5 heteroatoms. The number of hydrogen-bond acceptors (Lipinski definition) is 4. The lowest BCUT2D eigenvalue weighted by molar-refractivity contribution is 1.02. The average Bonchev–Trinajstić information content (AvgIpc) is 3.65. The highest BCUT2D eigenvalue weighted by Gasteiger charge is 2.21. The van der Waals surface area contributed by atoms with Crippen molar-refractivity contribution in [2.24, 2.45) is 0 Å². The fourth-order valence-electron chi connectivity index (χ4n) is 5.96. The van der Waals surface area contributed by atoms with Crippen LogP contribution in [0, 0.1) is 0 Å². The van der Waals surface area contributed by atoms with Gasteiger partial charge < -0.3 is 0 Å². The summed E-state index contributed by atoms with van der Waals surface area (Å²) in [5, 5.41) is 7.50. The molecule has 0 spiro atoms. The van der Waals surface area contributed by atoms with Crippen LogP contribution in [0.5, 0.6) is 0 Å². The Hall–Kier alpha value is -4.58. The number of rotatable bonds is 2. The summed E-state index contributed by atoms with van der Waals surface area (Å²) >= 11 is 3.77. The van der Waals surface area contributed by atoms with E-state index in [2.05, 4.69) is 114 Å². The van der Waals surface area contributed by atoms with Crippen molar-refractivity contribution in [3.05, 3.63) is 115 Å². The van der Waals surface area contributed by atoms with Crippen LogP contribution in [-0.4, -0.2) is 14.5 Å². The summed E-state index contributed by atoms with van der Waals surface area (Å²) in [5.74, 6) is 0.702. The second-order valence-electron chi connectivity index (χ2n) is 9.81. The lowest BCUT2D eigenvalue weighted by Crippen LogP contribution is -2.03. The molecule has 182 valence electrons. The number of hydrogen-bond donors (Lipinski definition) is 0. The van der Waals surface area contributed by atoms with Crippen molar-refractivity contribution < 1.29 is 0 Å². The van der Waals surface area contributed by atoms with Gasteiger partial charge in [-0.05, 0) is 18.2 Å². The maximum Gasteiger partial charge on any atom is 0.235 e. The molecule has 0 aliphatic heterocycles. The van der Waals surface area contributed by atoms with Gasteiger partial charge >= 0.3 is 0 Å². The second kappa shape index (κ2) is 7.96. The summed E-state index contributed by atoms with van der Waals surface area (Å²) in [4.78, 5) is 10.4. The number of benzene rings is 5. The summed E-state index contributed by atoms with van der Waals surface area (Å²) in [5.41, 5.74) is 5.29. The van der Waals surface area contributed by atoms with E-state index in [1.807, 2.05) is 28.7 Å². The third-order valence-corrected chi connectivity index (χ3v) is 10.1. The maximum atomic E-state index is 5.27. The zero-order chi connectivity index (χ0) is 25.5. The molecule has 9 aromatic rings. The largest absolute Gasteiger partial charge is 0.276 e. The van der Waals surface area contributed by atoms with Crippen LogP contribution < -0.4 is 0 Å². The van der Waals surface area contributed by atoms with Gasteiger partial charge in [-0.3, -0.25) is 4.57 Å². The Bertz CT molecular complexity index is 2390. The molecule has 4 aromatic heterocycles. The van der Waals surface area contributed by atoms with Gasteiger partial charge in [-0.15, -0.1) is 22.7 Å². The molecular formula is C34H19N3S2. The maximum absolute atomic E-state index is 5.27. The van der Waals surface area contributed by atoms with E-state index in [1.165, 1.54) is 45.9 Å². The Morgan fingerprint density at radius 2 is 1.26 bits per heavy atom. The van der Waals surface area contributed by atoms with E-state index in [-0.39, 0.29) is 0 Å². The summed E-state index contributed by atoms with van der Waals surface area (Å²) in [6.45, 7) is 0. The van der Waals surface area contributed by atoms with Crippen molar-refractivity contribution in [2.45, 2.75) is 0 Å². The first kappa shape index (κ1) is 21.4. The molecule has 0 aliphatic carbocycles. The lowest BCUT2D eigenvalue weighted by atomic mass is 10.1. The molecule has 0 radical (unpaired) electrons. The van der Waals surface area contributed by atoms with E-state index < -0.39 is 0 Å². The van der Waals surface area contributed by atoms with Crippen molar-refractivity contribution in [1.82, 2.24) is 14.5 Å². The normalized spacial score (nSPS) is 12.1. The first-order valence-electron chi connectivity index (χ1n) is 12.9. The zero-order valence-corrected chi connectivity index (χ0v) is 22.3. The first-order chi connectivity index (χ1) is 19.3. The van der Waals surface area contributed by atoms with Crippen LogP contribution in [0.25, 0.3) is 79.5 Å². The van der Waals surface area contributed by atoms with Crippen LogP contribution >= 0.6 is 22.7 Å². The molecule has 0 aliphatic rings. The van der Waals surface area contributed by atoms with Crippen LogP contribution in [0.2, 0.25) is 0 Å². The minimum Gasteiger partial charge on any atom is -0.276 e. The Morgan fingerprint density at radius 1 is 0.538 bits per heavy atom. The Labute approximate surface area is 231 Å². The molecule has 0 bridgehead atoms. The van der Waals surface area contributed by atoms with Crippen molar-refractivity contribution in [2.75, 3.05) is 0 Å². The minimum atomic E-state index is 0.702. The quantitative estimate of drug-likeness (QED) is 0.221. The highest BCUT2D eigenvalue weighted by atomic mass is 32.2. The van der Waals surface area contributed by atoms with E-state index in [4.69, 9.17) is 9.97 Å². The van der Waals surface area contributed by atoms with Gasteiger partial charge in [-0.25, -0.2) is 9.97 Å². The molecule has 0 atom stereocenters. The van der Waals surface area contributed by atoms with Gasteiger partial charge in [0.2, 0.25) is 5.95 Å². The summed E-state index contributed by atoms with van der Waals surface area (Å²) in [7, 11) is 0. The average molecular weight is 534 g/mol. The number of fused-ring (bicyclic) bond motifs is 10. The van der Waals surface area contributed by atoms with Gasteiger partial charge in [0, 0.05) is 42.6 Å². The minimum absolute atomic E-state index is 0.702. The van der Waals surface area contributed by atoms with E-state index in [0.717, 1.165) is 27.7 Å². The van der Waals surface area contributed by atoms with Gasteiger partial charge in [-0.2, -0.15) is 0 Å². The molecule has 0 saturated heterocycles. The zero-order valence-electron chi connectivity index (χ0n) is 20.6. The predicted octanol–water partition coefficient (Wildman–Crippen LogP) is 9.98. The smallest absolute Gasteiger partial charge is 0.235 e. The van der Waals surface area contributed by atoms with Gasteiger partial charge in [0.15, 0.2) is 0 Å². The monoisotopic (exact) mass is 533 g/mol. The number of thiophene rings is 2. The molecule has 0 N–H and O–H groups in total. The molecule has 39 heavy (non-hydrogen) atoms. The second-order valence-corrected chi connectivity index (χ2v) is 12.1. The van der Waals surface area contributed by atoms with Crippen LogP contribution in [0.3, 0.4) is 0 Å². The Balaban J connectivity index is 1.46. The van der Waals surface area contributed by atoms with Crippen molar-refractivity contribution in [3.63, 3.8) is 0 Å². The molecule has 0 saturated carbocycles. The van der Waals surface area contributed by atoms with Crippen LogP contribution in [0.1, 0.15) is 0 Å². The molecule has 9 rings (SSSR count). The lowest BCUT2D eigenvalue weighted by Gasteiger charge is -2.12. The topological polar surface area (TPSA) is 30.7 Å². The summed E-state index contributed by atoms with van der Waals surface area (Å²) in [6.07, 6.45) is 0. The standard InChI is InChI=1S/C34H19N3S2/c1-2-10-20(11-3-1)30-23-13-4-7-15-26(23)35-34(36-30)37-27-16-8-5-12-21(27)22-18-19-25-29-24-14-6-9-17-28(24)38-33(29)39-32(25)31(22)37/h1-19H. The number of nitrogens with zero attached hydrogens (tertiary/aromatic N) is 3. The van der Waals surface area contributed by atoms with Crippen molar-refractivity contribution in [1.29, 1.82) is 0 Å². The fourth-order valence-corrected chi connectivity index (χ4v) is 8.68. The SMILES string of the molecule is c1ccc(-c2nc(-n3c4ccccc4c4ccc5c(sc6sc7ccccc7c65)c43)nc3ccccc23)cc1. The molecule has 0 amide bonds. The van der Waals surface area contributed by atoms with E-state index >= 15 is 0 Å². The number of para-hydroxylation sites is 2. The molecule has 4 heterocycles. The van der Waals surface area contributed by atoms with Gasteiger partial charge in [0.25, 0.3) is 0 Å². The van der Waals surface area contributed by atoms with Gasteiger partial charge in [-0.1, -0.05) is 97.1 Å². The van der Waals surface area contributed by atoms with Crippen LogP contribution in [0.4, 0.5) is 0 Å². The van der Waals surface area contributed by atoms with Crippen molar-refractivity contribution in [3.8, 4) is 17.2 Å². The first-order valence-corrected chi connectivity index (χ1v) is 14.6. The summed E-state index contributed by atoms with van der Waals surface area (Å²) < 4.78 is 6.27. The van der Waals surface area contributed by atoms with E-state index in [0.29, 0.717) is 5.95 Å². The molecule has 5 aromatic carbocycles. The van der Waals surface area contributed by atoms with Crippen LogP contribution in [0.15, 0.2) is 115 Å². The molecular weight excluding hydrogens is 515 g/mol. The third-order valence-electron chi connectivity index (χ3n) is 7.66. The highest BCUT2D eigenvalue weighted by Crippen LogP contribution is 2.48. The molecule has 3 nitrogen and oxygen atoms in total. The van der Waals surface area contributed by atoms with Crippen LogP contribution in [-0.2, 0) is 0 Å². The third kappa shape index (κ3) is 2.97. The van der Waals surface area contributed by atoms with E-state index in [1.54, 1.807) is 0 Å². The Morgan fingerprint density at radius 3 is 2.15 bits per heavy atom. The predicted molar refractivity (Wildman–Crippen MR) is 168 cm³/mol. The van der Waals surface area contributed by atoms with Gasteiger partial charge in [0.05, 0.1) is 31.0 Å². The van der Waals surface area contributed by atoms with E-state index in [9.17, 15) is 0 Å². The molecule has 0 unspecified atom stereocenters. The fraction of sp³-hybridized carbons (Fsp3) is 0. The van der Waals surface area contributed by atoms with Crippen molar-refractivity contribution >= 4 is 85.0 Å². The number of aromatic nitrogens is 3. The van der Waals surface area contributed by atoms with Gasteiger partial charge in [0.1, 0.15) is 0 Å².